The number of para-hydroxylation sites is 1. The predicted molar refractivity (Wildman–Crippen MR) is 113 cm³/mol. The lowest BCUT2D eigenvalue weighted by Crippen LogP contribution is -2.54. The number of carbonyl (C=O) groups excluding carboxylic acids is 1. The van der Waals surface area contributed by atoms with E-state index >= 15 is 0 Å². The Balaban J connectivity index is 1.57. The molecule has 7 nitrogen and oxygen atoms in total. The van der Waals surface area contributed by atoms with Crippen LogP contribution < -0.4 is 10.2 Å². The quantitative estimate of drug-likeness (QED) is 0.615. The van der Waals surface area contributed by atoms with E-state index in [1.165, 1.54) is 22.9 Å². The maximum atomic E-state index is 13.8. The van der Waals surface area contributed by atoms with Gasteiger partial charge in [0.1, 0.15) is 5.82 Å². The monoisotopic (exact) mass is 411 g/mol. The fourth-order valence-electron chi connectivity index (χ4n) is 4.60. The molecule has 1 unspecified atom stereocenters. The molecule has 0 bridgehead atoms. The molecule has 1 aromatic heterocycles. The fraction of sp³-hybridized carbons (Fsp3) is 0.476. The predicted octanol–water partition coefficient (Wildman–Crippen LogP) is 3.59. The highest BCUT2D eigenvalue weighted by molar-refractivity contribution is 7.98. The van der Waals surface area contributed by atoms with Gasteiger partial charge in [-0.1, -0.05) is 30.0 Å². The van der Waals surface area contributed by atoms with Gasteiger partial charge in [-0.05, 0) is 37.1 Å². The number of aryl methyl sites for hydroxylation is 1. The Morgan fingerprint density at radius 1 is 1.31 bits per heavy atom. The zero-order valence-corrected chi connectivity index (χ0v) is 17.5. The molecule has 0 aliphatic carbocycles. The van der Waals surface area contributed by atoms with E-state index in [4.69, 9.17) is 9.72 Å². The average Bonchev–Trinajstić information content (AvgIpc) is 3.27. The summed E-state index contributed by atoms with van der Waals surface area (Å²) >= 11 is 1.50. The SMILES string of the molecule is CSc1ncc2c(n1)N(C1CCOC1)C(=O)N([C@H]1CCNc3c(C)cccc31)C2. The van der Waals surface area contributed by atoms with Crippen LogP contribution in [-0.4, -0.2) is 53.0 Å². The largest absolute Gasteiger partial charge is 0.384 e. The number of thioether (sulfide) groups is 1. The van der Waals surface area contributed by atoms with Crippen LogP contribution >= 0.6 is 11.8 Å². The van der Waals surface area contributed by atoms with Gasteiger partial charge in [0, 0.05) is 30.6 Å². The molecule has 152 valence electrons. The van der Waals surface area contributed by atoms with Crippen LogP contribution in [0.3, 0.4) is 0 Å². The molecule has 2 amide bonds. The summed E-state index contributed by atoms with van der Waals surface area (Å²) < 4.78 is 5.61. The Morgan fingerprint density at radius 2 is 2.21 bits per heavy atom. The first-order valence-electron chi connectivity index (χ1n) is 10.1. The van der Waals surface area contributed by atoms with Crippen LogP contribution in [-0.2, 0) is 11.3 Å². The minimum absolute atomic E-state index is 0.0207. The van der Waals surface area contributed by atoms with Crippen molar-refractivity contribution in [1.82, 2.24) is 14.9 Å². The molecule has 0 spiro atoms. The van der Waals surface area contributed by atoms with E-state index < -0.39 is 0 Å². The van der Waals surface area contributed by atoms with Gasteiger partial charge in [0.15, 0.2) is 5.16 Å². The third-order valence-corrected chi connectivity index (χ3v) is 6.62. The van der Waals surface area contributed by atoms with Gasteiger partial charge in [0.25, 0.3) is 0 Å². The zero-order chi connectivity index (χ0) is 20.0. The van der Waals surface area contributed by atoms with E-state index in [1.54, 1.807) is 0 Å². The van der Waals surface area contributed by atoms with Gasteiger partial charge in [0.2, 0.25) is 0 Å². The Hall–Kier alpha value is -2.32. The molecule has 1 aromatic carbocycles. The number of hydrogen-bond donors (Lipinski definition) is 1. The first-order chi connectivity index (χ1) is 14.2. The summed E-state index contributed by atoms with van der Waals surface area (Å²) in [6, 6.07) is 6.41. The normalized spacial score (nSPS) is 23.6. The average molecular weight is 412 g/mol. The molecular formula is C21H25N5O2S. The summed E-state index contributed by atoms with van der Waals surface area (Å²) in [7, 11) is 0. The number of aromatic nitrogens is 2. The van der Waals surface area contributed by atoms with Crippen LogP contribution in [0, 0.1) is 6.92 Å². The molecule has 1 saturated heterocycles. The first kappa shape index (κ1) is 18.7. The van der Waals surface area contributed by atoms with E-state index in [-0.39, 0.29) is 18.1 Å². The molecule has 3 aliphatic heterocycles. The van der Waals surface area contributed by atoms with Crippen LogP contribution in [0.25, 0.3) is 0 Å². The van der Waals surface area contributed by atoms with Gasteiger partial charge in [-0.3, -0.25) is 4.90 Å². The highest BCUT2D eigenvalue weighted by atomic mass is 32.2. The summed E-state index contributed by atoms with van der Waals surface area (Å²) in [5.74, 6) is 0.750. The molecule has 29 heavy (non-hydrogen) atoms. The van der Waals surface area contributed by atoms with Gasteiger partial charge < -0.3 is 15.0 Å². The molecule has 2 atom stereocenters. The number of ether oxygens (including phenoxy) is 1. The van der Waals surface area contributed by atoms with Crippen molar-refractivity contribution < 1.29 is 9.53 Å². The van der Waals surface area contributed by atoms with Gasteiger partial charge in [-0.15, -0.1) is 0 Å². The molecule has 3 aliphatic rings. The summed E-state index contributed by atoms with van der Waals surface area (Å²) in [6.45, 7) is 4.74. The topological polar surface area (TPSA) is 70.6 Å². The van der Waals surface area contributed by atoms with Crippen LogP contribution in [0.4, 0.5) is 16.3 Å². The maximum Gasteiger partial charge on any atom is 0.326 e. The Bertz CT molecular complexity index is 947. The highest BCUT2D eigenvalue weighted by Crippen LogP contribution is 2.41. The number of urea groups is 1. The summed E-state index contributed by atoms with van der Waals surface area (Å²) in [6.07, 6.45) is 5.56. The van der Waals surface area contributed by atoms with E-state index in [1.807, 2.05) is 22.3 Å². The lowest BCUT2D eigenvalue weighted by molar-refractivity contribution is 0.160. The number of carbonyl (C=O) groups is 1. The minimum Gasteiger partial charge on any atom is -0.384 e. The van der Waals surface area contributed by atoms with E-state index in [0.717, 1.165) is 36.5 Å². The molecule has 0 radical (unpaired) electrons. The molecule has 4 heterocycles. The molecule has 1 fully saturated rings. The minimum atomic E-state index is 0.0207. The lowest BCUT2D eigenvalue weighted by atomic mass is 9.93. The number of nitrogens with one attached hydrogen (secondary N) is 1. The number of nitrogens with zero attached hydrogens (tertiary/aromatic N) is 4. The number of amides is 2. The second kappa shape index (κ2) is 7.50. The van der Waals surface area contributed by atoms with Crippen molar-refractivity contribution in [2.75, 3.05) is 36.2 Å². The molecular weight excluding hydrogens is 386 g/mol. The zero-order valence-electron chi connectivity index (χ0n) is 16.7. The number of fused-ring (bicyclic) bond motifs is 2. The third kappa shape index (κ3) is 3.14. The molecule has 5 rings (SSSR count). The second-order valence-corrected chi connectivity index (χ2v) is 8.55. The Kier molecular flexibility index (Phi) is 4.83. The van der Waals surface area contributed by atoms with E-state index in [2.05, 4.69) is 35.4 Å². The van der Waals surface area contributed by atoms with Crippen LogP contribution in [0.2, 0.25) is 0 Å². The molecule has 1 N–H and O–H groups in total. The van der Waals surface area contributed by atoms with Gasteiger partial charge in [-0.25, -0.2) is 14.8 Å². The van der Waals surface area contributed by atoms with Crippen LogP contribution in [0.1, 0.15) is 35.6 Å². The highest BCUT2D eigenvalue weighted by Gasteiger charge is 2.42. The molecule has 8 heteroatoms. The maximum absolute atomic E-state index is 13.8. The lowest BCUT2D eigenvalue weighted by Gasteiger charge is -2.44. The van der Waals surface area contributed by atoms with E-state index in [0.29, 0.717) is 24.9 Å². The van der Waals surface area contributed by atoms with Crippen molar-refractivity contribution in [3.63, 3.8) is 0 Å². The van der Waals surface area contributed by atoms with Crippen molar-refractivity contribution in [3.05, 3.63) is 41.1 Å². The van der Waals surface area contributed by atoms with Crippen LogP contribution in [0.15, 0.2) is 29.6 Å². The summed E-state index contributed by atoms with van der Waals surface area (Å²) in [5.41, 5.74) is 4.57. The third-order valence-electron chi connectivity index (χ3n) is 6.05. The van der Waals surface area contributed by atoms with Crippen molar-refractivity contribution in [3.8, 4) is 0 Å². The van der Waals surface area contributed by atoms with Crippen molar-refractivity contribution in [2.45, 2.75) is 43.6 Å². The standard InChI is InChI=1S/C21H25N5O2S/c1-13-4-3-5-16-17(6-8-22-18(13)16)25-11-14-10-23-20(29-2)24-19(14)26(21(25)27)15-7-9-28-12-15/h3-5,10,15,17,22H,6-9,11-12H2,1-2H3/t15?,17-/m0/s1. The smallest absolute Gasteiger partial charge is 0.326 e. The van der Waals surface area contributed by atoms with Crippen molar-refractivity contribution in [2.24, 2.45) is 0 Å². The molecule has 0 saturated carbocycles. The summed E-state index contributed by atoms with van der Waals surface area (Å²) in [4.78, 5) is 26.8. The fourth-order valence-corrected chi connectivity index (χ4v) is 4.94. The number of hydrogen-bond acceptors (Lipinski definition) is 6. The number of anilines is 2. The summed E-state index contributed by atoms with van der Waals surface area (Å²) in [5, 5.41) is 4.21. The second-order valence-electron chi connectivity index (χ2n) is 7.77. The van der Waals surface area contributed by atoms with E-state index in [9.17, 15) is 4.79 Å². The first-order valence-corrected chi connectivity index (χ1v) is 11.3. The number of rotatable bonds is 3. The van der Waals surface area contributed by atoms with Crippen molar-refractivity contribution in [1.29, 1.82) is 0 Å². The van der Waals surface area contributed by atoms with Gasteiger partial charge in [-0.2, -0.15) is 0 Å². The Labute approximate surface area is 174 Å². The number of benzene rings is 1. The Morgan fingerprint density at radius 3 is 3.00 bits per heavy atom. The van der Waals surface area contributed by atoms with Gasteiger partial charge >= 0.3 is 6.03 Å². The molecule has 2 aromatic rings. The van der Waals surface area contributed by atoms with Crippen LogP contribution in [0.5, 0.6) is 0 Å². The van der Waals surface area contributed by atoms with Crippen molar-refractivity contribution >= 4 is 29.3 Å². The van der Waals surface area contributed by atoms with Gasteiger partial charge in [0.05, 0.1) is 25.2 Å².